The van der Waals surface area contributed by atoms with Crippen LogP contribution >= 0.6 is 0 Å². The van der Waals surface area contributed by atoms with E-state index in [1.165, 1.54) is 5.57 Å². The molecule has 3 saturated heterocycles. The minimum Gasteiger partial charge on any atom is -0.396 e. The summed E-state index contributed by atoms with van der Waals surface area (Å²) >= 11 is 0. The van der Waals surface area contributed by atoms with Crippen LogP contribution in [0.1, 0.15) is 99.3 Å². The van der Waals surface area contributed by atoms with Crippen molar-refractivity contribution in [1.29, 1.82) is 0 Å². The summed E-state index contributed by atoms with van der Waals surface area (Å²) in [5.74, 6) is 0.282. The molecular weight excluding hydrogens is 852 g/mol. The lowest BCUT2D eigenvalue weighted by molar-refractivity contribution is -0.384. The molecule has 0 spiro atoms. The van der Waals surface area contributed by atoms with Crippen LogP contribution < -0.4 is 0 Å². The van der Waals surface area contributed by atoms with Gasteiger partial charge in [0.1, 0.15) is 67.1 Å². The number of ether oxygens (including phenoxy) is 6. The first kappa shape index (κ1) is 50.4. The summed E-state index contributed by atoms with van der Waals surface area (Å²) in [6.45, 7) is 11.6. The van der Waals surface area contributed by atoms with Crippen LogP contribution in [0.3, 0.4) is 0 Å². The fourth-order valence-electron chi connectivity index (χ4n) is 15.0. The fourth-order valence-corrected chi connectivity index (χ4v) is 15.0. The Morgan fingerprint density at radius 2 is 1.26 bits per heavy atom. The van der Waals surface area contributed by atoms with Gasteiger partial charge in [-0.1, -0.05) is 53.2 Å². The molecule has 0 bridgehead atoms. The summed E-state index contributed by atoms with van der Waals surface area (Å²) in [5.41, 5.74) is -0.600. The van der Waals surface area contributed by atoms with Crippen LogP contribution in [0.25, 0.3) is 0 Å². The number of allylic oxidation sites excluding steroid dienone is 2. The van der Waals surface area contributed by atoms with Crippen LogP contribution in [0.4, 0.5) is 0 Å². The van der Waals surface area contributed by atoms with Crippen molar-refractivity contribution in [3.05, 3.63) is 11.6 Å². The van der Waals surface area contributed by atoms with Crippen molar-refractivity contribution >= 4 is 0 Å². The summed E-state index contributed by atoms with van der Waals surface area (Å²) in [6.07, 6.45) is -14.7. The Hall–Kier alpha value is -0.980. The van der Waals surface area contributed by atoms with E-state index >= 15 is 0 Å². The molecular formula is C47H78O18. The van der Waals surface area contributed by atoms with Crippen molar-refractivity contribution in [3.63, 3.8) is 0 Å². The van der Waals surface area contributed by atoms with Gasteiger partial charge in [0, 0.05) is 10.8 Å². The first-order valence-electron chi connectivity index (χ1n) is 24.0. The number of hydrogen-bond acceptors (Lipinski definition) is 18. The van der Waals surface area contributed by atoms with Gasteiger partial charge in [-0.15, -0.1) is 0 Å². The lowest BCUT2D eigenvalue weighted by Gasteiger charge is -2.72. The van der Waals surface area contributed by atoms with Crippen LogP contribution in [0, 0.1) is 50.2 Å². The van der Waals surface area contributed by atoms with E-state index in [-0.39, 0.29) is 59.2 Å². The predicted molar refractivity (Wildman–Crippen MR) is 227 cm³/mol. The van der Waals surface area contributed by atoms with E-state index in [4.69, 9.17) is 28.4 Å². The topological polar surface area (TPSA) is 298 Å². The molecule has 12 N–H and O–H groups in total. The highest BCUT2D eigenvalue weighted by Gasteiger charge is 2.70. The standard InChI is InChI=1S/C47H78O18/c1-42(2)13-14-47(21-51)23(15-42)22-7-8-28-43(3)11-10-30(44(4,20-50)27(43)9-12-45(28,5)46(22,6)16-29(47)53)63-41-38(31(54)24(52)19-60-41)65-40-36(59)34(57)37(26(18-49)62-40)64-39-35(58)33(56)32(55)25(17-48)61-39/h7,23-41,48-59H,8-21H2,1-6H3/t23?,24-,25+,26+,27?,28?,29+,30?,31-,32+,33-,34+,35+,36+,37+,38+,39-,40+,41-,43-,44-,45+,46+,47+/m0/s1. The predicted octanol–water partition coefficient (Wildman–Crippen LogP) is -0.804. The van der Waals surface area contributed by atoms with Crippen LogP contribution in [0.15, 0.2) is 11.6 Å². The van der Waals surface area contributed by atoms with Crippen molar-refractivity contribution < 1.29 is 89.7 Å². The number of fused-ring (bicyclic) bond motifs is 7. The number of aliphatic hydroxyl groups excluding tert-OH is 12. The molecule has 0 aromatic rings. The molecule has 65 heavy (non-hydrogen) atoms. The van der Waals surface area contributed by atoms with Crippen molar-refractivity contribution in [2.75, 3.05) is 33.0 Å². The smallest absolute Gasteiger partial charge is 0.187 e. The second-order valence-electron chi connectivity index (χ2n) is 23.0. The van der Waals surface area contributed by atoms with Gasteiger partial charge in [0.2, 0.25) is 0 Å². The second-order valence-corrected chi connectivity index (χ2v) is 23.0. The Labute approximate surface area is 381 Å². The number of rotatable bonds is 10. The molecule has 24 atom stereocenters. The van der Waals surface area contributed by atoms with Crippen molar-refractivity contribution in [2.45, 2.75) is 198 Å². The van der Waals surface area contributed by atoms with Gasteiger partial charge in [-0.2, -0.15) is 0 Å². The van der Waals surface area contributed by atoms with E-state index in [2.05, 4.69) is 40.7 Å². The highest BCUT2D eigenvalue weighted by atomic mass is 16.8. The molecule has 7 fully saturated rings. The normalized spacial score (nSPS) is 55.5. The van der Waals surface area contributed by atoms with Gasteiger partial charge >= 0.3 is 0 Å². The highest BCUT2D eigenvalue weighted by molar-refractivity contribution is 5.35. The minimum absolute atomic E-state index is 0.0166. The molecule has 0 aromatic carbocycles. The third-order valence-corrected chi connectivity index (χ3v) is 19.2. The van der Waals surface area contributed by atoms with Crippen LogP contribution in [0.5, 0.6) is 0 Å². The first-order chi connectivity index (χ1) is 30.5. The average Bonchev–Trinajstić information content (AvgIpc) is 3.26. The quantitative estimate of drug-likeness (QED) is 0.0943. The zero-order valence-electron chi connectivity index (χ0n) is 38.8. The fraction of sp³-hybridized carbons (Fsp3) is 0.957. The maximum absolute atomic E-state index is 12.1. The Morgan fingerprint density at radius 1 is 0.615 bits per heavy atom. The number of hydrogen-bond donors (Lipinski definition) is 12. The third kappa shape index (κ3) is 7.84. The Morgan fingerprint density at radius 3 is 1.91 bits per heavy atom. The second kappa shape index (κ2) is 18.0. The van der Waals surface area contributed by atoms with E-state index in [0.717, 1.165) is 44.9 Å². The molecule has 5 aliphatic carbocycles. The van der Waals surface area contributed by atoms with Gasteiger partial charge in [-0.25, -0.2) is 0 Å². The van der Waals surface area contributed by atoms with Gasteiger partial charge < -0.3 is 89.7 Å². The van der Waals surface area contributed by atoms with Crippen LogP contribution in [-0.4, -0.2) is 193 Å². The Kier molecular flexibility index (Phi) is 14.0. The van der Waals surface area contributed by atoms with Crippen LogP contribution in [-0.2, 0) is 28.4 Å². The van der Waals surface area contributed by atoms with Gasteiger partial charge in [0.05, 0.1) is 45.2 Å². The Balaban J connectivity index is 1.00. The zero-order chi connectivity index (χ0) is 47.4. The average molecular weight is 931 g/mol. The van der Waals surface area contributed by atoms with Gasteiger partial charge in [-0.3, -0.25) is 0 Å². The van der Waals surface area contributed by atoms with Gasteiger partial charge in [0.15, 0.2) is 18.9 Å². The monoisotopic (exact) mass is 931 g/mol. The van der Waals surface area contributed by atoms with Gasteiger partial charge in [-0.05, 0) is 97.2 Å². The largest absolute Gasteiger partial charge is 0.396 e. The Bertz CT molecular complexity index is 1720. The molecule has 0 aromatic heterocycles. The van der Waals surface area contributed by atoms with Crippen molar-refractivity contribution in [1.82, 2.24) is 0 Å². The summed E-state index contributed by atoms with van der Waals surface area (Å²) in [6, 6.07) is 0. The maximum Gasteiger partial charge on any atom is 0.187 e. The molecule has 4 saturated carbocycles. The summed E-state index contributed by atoms with van der Waals surface area (Å²) in [4.78, 5) is 0. The maximum atomic E-state index is 12.1. The van der Waals surface area contributed by atoms with E-state index < -0.39 is 122 Å². The molecule has 0 amide bonds. The summed E-state index contributed by atoms with van der Waals surface area (Å²) in [7, 11) is 0. The van der Waals surface area contributed by atoms with E-state index in [0.29, 0.717) is 12.8 Å². The minimum atomic E-state index is -1.92. The lowest BCUT2D eigenvalue weighted by atomic mass is 9.33. The van der Waals surface area contributed by atoms with E-state index in [9.17, 15) is 61.3 Å². The highest BCUT2D eigenvalue weighted by Crippen LogP contribution is 2.76. The van der Waals surface area contributed by atoms with E-state index in [1.807, 2.05) is 6.92 Å². The van der Waals surface area contributed by atoms with Crippen molar-refractivity contribution in [3.8, 4) is 0 Å². The van der Waals surface area contributed by atoms with Gasteiger partial charge in [0.25, 0.3) is 0 Å². The molecule has 8 aliphatic rings. The molecule has 374 valence electrons. The summed E-state index contributed by atoms with van der Waals surface area (Å²) < 4.78 is 35.8. The zero-order valence-corrected chi connectivity index (χ0v) is 38.8. The molecule has 3 heterocycles. The van der Waals surface area contributed by atoms with Crippen molar-refractivity contribution in [2.24, 2.45) is 50.2 Å². The van der Waals surface area contributed by atoms with E-state index in [1.54, 1.807) is 0 Å². The molecule has 18 nitrogen and oxygen atoms in total. The third-order valence-electron chi connectivity index (χ3n) is 19.2. The summed E-state index contributed by atoms with van der Waals surface area (Å²) in [5, 5.41) is 130. The SMILES string of the molecule is CC1(C)CC[C@@]2(CO)C(C1)C1=CCC3[C@@]4(C)CCC(O[C@@H]5OC[C@H](O)[C@H](O)[C@H]5O[C@H]5O[C@H](CO)[C@@H](O[C@@H]6O[C@H](CO)[C@@H](O)[C@H](O)[C@H]6O)[C@H](O)[C@H]5O)[C@@](C)(CO)C4CC[C@@]3(C)[C@]1(C)C[C@H]2O. The molecule has 3 aliphatic heterocycles. The first-order valence-corrected chi connectivity index (χ1v) is 24.0. The number of aliphatic hydroxyl groups is 12. The molecule has 18 heteroatoms. The molecule has 0 radical (unpaired) electrons. The lowest BCUT2D eigenvalue weighted by Crippen LogP contribution is -2.68. The molecule has 4 unspecified atom stereocenters. The van der Waals surface area contributed by atoms with Crippen LogP contribution in [0.2, 0.25) is 0 Å². The molecule has 8 rings (SSSR count).